The zero-order chi connectivity index (χ0) is 15.2. The summed E-state index contributed by atoms with van der Waals surface area (Å²) in [7, 11) is 0. The number of carbonyl (C=O) groups excluding carboxylic acids is 1. The summed E-state index contributed by atoms with van der Waals surface area (Å²) in [5.41, 5.74) is 1.73. The molecule has 0 radical (unpaired) electrons. The van der Waals surface area contributed by atoms with Crippen LogP contribution in [-0.4, -0.2) is 17.4 Å². The molecule has 0 saturated heterocycles. The third-order valence-corrected chi connectivity index (χ3v) is 2.86. The maximum Gasteiger partial charge on any atom is 0.307 e. The fourth-order valence-electron chi connectivity index (χ4n) is 1.80. The molecule has 0 heterocycles. The van der Waals surface area contributed by atoms with Gasteiger partial charge in [-0.2, -0.15) is 0 Å². The predicted molar refractivity (Wildman–Crippen MR) is 73.9 cm³/mol. The molecule has 0 bridgehead atoms. The Balaban J connectivity index is 1.99. The second kappa shape index (κ2) is 6.65. The normalized spacial score (nSPS) is 10.1. The summed E-state index contributed by atoms with van der Waals surface area (Å²) in [5, 5.41) is 8.67. The van der Waals surface area contributed by atoms with Gasteiger partial charge in [0.15, 0.2) is 11.6 Å². The van der Waals surface area contributed by atoms with Crippen molar-refractivity contribution in [3.63, 3.8) is 0 Å². The first kappa shape index (κ1) is 14.7. The Labute approximate surface area is 120 Å². The van der Waals surface area contributed by atoms with Crippen molar-refractivity contribution in [3.05, 3.63) is 65.0 Å². The van der Waals surface area contributed by atoms with Gasteiger partial charge in [-0.25, -0.2) is 4.39 Å². The maximum absolute atomic E-state index is 13.6. The van der Waals surface area contributed by atoms with E-state index < -0.39 is 11.8 Å². The van der Waals surface area contributed by atoms with Crippen molar-refractivity contribution in [1.82, 2.24) is 0 Å². The summed E-state index contributed by atoms with van der Waals surface area (Å²) in [5.74, 6) is -1.42. The van der Waals surface area contributed by atoms with E-state index in [0.717, 1.165) is 11.6 Å². The highest BCUT2D eigenvalue weighted by molar-refractivity contribution is 5.75. The first-order chi connectivity index (χ1) is 10.1. The average molecular weight is 288 g/mol. The van der Waals surface area contributed by atoms with E-state index in [4.69, 9.17) is 9.84 Å². The van der Waals surface area contributed by atoms with Crippen molar-refractivity contribution in [3.8, 4) is 5.75 Å². The van der Waals surface area contributed by atoms with Gasteiger partial charge in [0, 0.05) is 5.56 Å². The first-order valence-corrected chi connectivity index (χ1v) is 6.25. The van der Waals surface area contributed by atoms with E-state index in [1.807, 2.05) is 0 Å². The van der Waals surface area contributed by atoms with E-state index in [1.54, 1.807) is 24.3 Å². The highest BCUT2D eigenvalue weighted by Crippen LogP contribution is 2.19. The smallest absolute Gasteiger partial charge is 0.307 e. The summed E-state index contributed by atoms with van der Waals surface area (Å²) in [6, 6.07) is 10.8. The zero-order valence-corrected chi connectivity index (χ0v) is 11.1. The molecule has 0 aliphatic heterocycles. The van der Waals surface area contributed by atoms with E-state index in [1.165, 1.54) is 12.1 Å². The fraction of sp³-hybridized carbons (Fsp3) is 0.125. The van der Waals surface area contributed by atoms with Crippen LogP contribution in [0.1, 0.15) is 21.5 Å². The van der Waals surface area contributed by atoms with Crippen LogP contribution < -0.4 is 4.74 Å². The number of carboxylic acids is 1. The highest BCUT2D eigenvalue weighted by Gasteiger charge is 2.05. The number of aldehydes is 1. The molecule has 0 aliphatic carbocycles. The van der Waals surface area contributed by atoms with Gasteiger partial charge in [0.05, 0.1) is 6.42 Å². The quantitative estimate of drug-likeness (QED) is 0.830. The number of aliphatic carboxylic acids is 1. The summed E-state index contributed by atoms with van der Waals surface area (Å²) < 4.78 is 18.9. The molecule has 0 fully saturated rings. The minimum atomic E-state index is -0.892. The zero-order valence-electron chi connectivity index (χ0n) is 11.1. The molecule has 0 aromatic heterocycles. The van der Waals surface area contributed by atoms with Gasteiger partial charge >= 0.3 is 5.97 Å². The van der Waals surface area contributed by atoms with Crippen molar-refractivity contribution in [2.24, 2.45) is 0 Å². The third kappa shape index (κ3) is 4.14. The molecule has 0 atom stereocenters. The molecule has 0 saturated carbocycles. The molecule has 0 aliphatic rings. The largest absolute Gasteiger partial charge is 0.486 e. The number of carbonyl (C=O) groups is 2. The van der Waals surface area contributed by atoms with Gasteiger partial charge in [-0.05, 0) is 29.3 Å². The number of carboxylic acid groups (broad SMARTS) is 1. The summed E-state index contributed by atoms with van der Waals surface area (Å²) in [6.07, 6.45) is 0.525. The van der Waals surface area contributed by atoms with Crippen LogP contribution in [0.15, 0.2) is 42.5 Å². The second-order valence-corrected chi connectivity index (χ2v) is 4.48. The predicted octanol–water partition coefficient (Wildman–Crippen LogP) is 2.84. The molecule has 5 heteroatoms. The van der Waals surface area contributed by atoms with Crippen LogP contribution in [0.3, 0.4) is 0 Å². The van der Waals surface area contributed by atoms with Gasteiger partial charge in [0.1, 0.15) is 12.9 Å². The van der Waals surface area contributed by atoms with Gasteiger partial charge in [-0.1, -0.05) is 24.3 Å². The van der Waals surface area contributed by atoms with E-state index in [9.17, 15) is 14.0 Å². The fourth-order valence-corrected chi connectivity index (χ4v) is 1.80. The molecule has 1 N–H and O–H groups in total. The average Bonchev–Trinajstić information content (AvgIpc) is 2.47. The molecule has 2 aromatic rings. The number of ether oxygens (including phenoxy) is 1. The van der Waals surface area contributed by atoms with Crippen LogP contribution in [0.25, 0.3) is 0 Å². The minimum absolute atomic E-state index is 0.0388. The van der Waals surface area contributed by atoms with E-state index in [-0.39, 0.29) is 24.3 Å². The van der Waals surface area contributed by atoms with Crippen LogP contribution in [-0.2, 0) is 17.8 Å². The van der Waals surface area contributed by atoms with E-state index in [0.29, 0.717) is 11.8 Å². The number of hydrogen-bond acceptors (Lipinski definition) is 3. The van der Waals surface area contributed by atoms with Crippen molar-refractivity contribution in [2.45, 2.75) is 13.0 Å². The van der Waals surface area contributed by atoms with Crippen LogP contribution >= 0.6 is 0 Å². The number of rotatable bonds is 6. The third-order valence-electron chi connectivity index (χ3n) is 2.86. The van der Waals surface area contributed by atoms with E-state index >= 15 is 0 Å². The van der Waals surface area contributed by atoms with Gasteiger partial charge in [0.2, 0.25) is 0 Å². The Bertz CT molecular complexity index is 650. The Morgan fingerprint density at radius 1 is 1.14 bits per heavy atom. The molecule has 0 spiro atoms. The molecule has 2 rings (SSSR count). The highest BCUT2D eigenvalue weighted by atomic mass is 19.1. The lowest BCUT2D eigenvalue weighted by molar-refractivity contribution is -0.136. The lowest BCUT2D eigenvalue weighted by Crippen LogP contribution is -2.01. The van der Waals surface area contributed by atoms with Gasteiger partial charge in [-0.15, -0.1) is 0 Å². The van der Waals surface area contributed by atoms with Crippen LogP contribution in [0, 0.1) is 5.82 Å². The monoisotopic (exact) mass is 288 g/mol. The summed E-state index contributed by atoms with van der Waals surface area (Å²) >= 11 is 0. The van der Waals surface area contributed by atoms with Gasteiger partial charge < -0.3 is 9.84 Å². The minimum Gasteiger partial charge on any atom is -0.486 e. The van der Waals surface area contributed by atoms with Crippen molar-refractivity contribution < 1.29 is 23.8 Å². The number of benzene rings is 2. The Morgan fingerprint density at radius 2 is 1.81 bits per heavy atom. The van der Waals surface area contributed by atoms with Crippen LogP contribution in [0.4, 0.5) is 4.39 Å². The Hall–Kier alpha value is -2.69. The molecule has 0 unspecified atom stereocenters. The second-order valence-electron chi connectivity index (χ2n) is 4.48. The summed E-state index contributed by atoms with van der Waals surface area (Å²) in [6.45, 7) is 0.157. The molecule has 0 amide bonds. The Morgan fingerprint density at radius 3 is 2.38 bits per heavy atom. The number of halogens is 1. The van der Waals surface area contributed by atoms with Crippen molar-refractivity contribution >= 4 is 12.3 Å². The maximum atomic E-state index is 13.6. The summed E-state index contributed by atoms with van der Waals surface area (Å²) in [4.78, 5) is 21.1. The standard InChI is InChI=1S/C16H13FO4/c17-14-7-13(9-18)5-6-15(14)21-10-12-3-1-11(2-4-12)8-16(19)20/h1-7,9H,8,10H2,(H,19,20). The van der Waals surface area contributed by atoms with Gasteiger partial charge in [0.25, 0.3) is 0 Å². The van der Waals surface area contributed by atoms with Crippen molar-refractivity contribution in [1.29, 1.82) is 0 Å². The van der Waals surface area contributed by atoms with Crippen molar-refractivity contribution in [2.75, 3.05) is 0 Å². The molecule has 2 aromatic carbocycles. The van der Waals surface area contributed by atoms with Crippen LogP contribution in [0.2, 0.25) is 0 Å². The molecular formula is C16H13FO4. The molecular weight excluding hydrogens is 275 g/mol. The molecule has 21 heavy (non-hydrogen) atoms. The number of hydrogen-bond donors (Lipinski definition) is 1. The van der Waals surface area contributed by atoms with Gasteiger partial charge in [-0.3, -0.25) is 9.59 Å². The molecule has 4 nitrogen and oxygen atoms in total. The van der Waals surface area contributed by atoms with E-state index in [2.05, 4.69) is 0 Å². The lowest BCUT2D eigenvalue weighted by Gasteiger charge is -2.08. The topological polar surface area (TPSA) is 63.6 Å². The SMILES string of the molecule is O=Cc1ccc(OCc2ccc(CC(=O)O)cc2)c(F)c1. The lowest BCUT2D eigenvalue weighted by atomic mass is 10.1. The Kier molecular flexibility index (Phi) is 4.66. The first-order valence-electron chi connectivity index (χ1n) is 6.25. The molecule has 108 valence electrons. The van der Waals surface area contributed by atoms with Crippen LogP contribution in [0.5, 0.6) is 5.75 Å².